The number of hydrogen-bond acceptors (Lipinski definition) is 4. The largest absolute Gasteiger partial charge is 0.399 e. The Bertz CT molecular complexity index is 786. The van der Waals surface area contributed by atoms with Crippen molar-refractivity contribution in [3.05, 3.63) is 53.6 Å². The number of anilines is 2. The quantitative estimate of drug-likeness (QED) is 0.842. The molecule has 0 atom stereocenters. The average Bonchev–Trinajstić information content (AvgIpc) is 2.92. The van der Waals surface area contributed by atoms with Crippen molar-refractivity contribution in [2.45, 2.75) is 17.9 Å². The third-order valence-corrected chi connectivity index (χ3v) is 5.39. The second-order valence-electron chi connectivity index (χ2n) is 5.41. The second kappa shape index (κ2) is 5.62. The van der Waals surface area contributed by atoms with Crippen LogP contribution in [0.25, 0.3) is 0 Å². The summed E-state index contributed by atoms with van der Waals surface area (Å²) in [7, 11) is -1.96. The van der Waals surface area contributed by atoms with Crippen molar-refractivity contribution in [1.82, 2.24) is 4.72 Å². The molecule has 0 saturated carbocycles. The molecular formula is C16H19N3O2S. The van der Waals surface area contributed by atoms with Crippen molar-refractivity contribution >= 4 is 21.4 Å². The van der Waals surface area contributed by atoms with Crippen LogP contribution < -0.4 is 15.4 Å². The summed E-state index contributed by atoms with van der Waals surface area (Å²) in [6.07, 6.45) is 0.859. The number of fused-ring (bicyclic) bond motifs is 1. The van der Waals surface area contributed by atoms with E-state index < -0.39 is 10.0 Å². The van der Waals surface area contributed by atoms with E-state index in [1.807, 2.05) is 30.3 Å². The van der Waals surface area contributed by atoms with Gasteiger partial charge < -0.3 is 10.6 Å². The molecule has 2 aromatic carbocycles. The van der Waals surface area contributed by atoms with E-state index in [0.29, 0.717) is 4.90 Å². The third-order valence-electron chi connectivity index (χ3n) is 3.97. The van der Waals surface area contributed by atoms with Gasteiger partial charge in [0.05, 0.1) is 4.90 Å². The molecule has 0 fully saturated rings. The number of sulfonamides is 1. The predicted octanol–water partition coefficient (Wildman–Crippen LogP) is 1.74. The molecule has 0 amide bonds. The van der Waals surface area contributed by atoms with Crippen LogP contribution in [-0.4, -0.2) is 22.0 Å². The van der Waals surface area contributed by atoms with Gasteiger partial charge in [0.1, 0.15) is 0 Å². The number of nitrogen functional groups attached to an aromatic ring is 1. The van der Waals surface area contributed by atoms with Crippen LogP contribution >= 0.6 is 0 Å². The first-order valence-corrected chi connectivity index (χ1v) is 8.64. The van der Waals surface area contributed by atoms with E-state index in [1.54, 1.807) is 12.1 Å². The molecular weight excluding hydrogens is 298 g/mol. The SMILES string of the molecule is CNS(=O)(=O)c1ccc2c(c1)CCN2Cc1ccc(N)cc1. The average molecular weight is 317 g/mol. The van der Waals surface area contributed by atoms with E-state index in [9.17, 15) is 8.42 Å². The molecule has 0 aliphatic carbocycles. The monoisotopic (exact) mass is 317 g/mol. The van der Waals surface area contributed by atoms with Crippen LogP contribution in [0.3, 0.4) is 0 Å². The molecule has 22 heavy (non-hydrogen) atoms. The maximum Gasteiger partial charge on any atom is 0.240 e. The van der Waals surface area contributed by atoms with E-state index in [1.165, 1.54) is 12.6 Å². The third kappa shape index (κ3) is 2.80. The molecule has 3 N–H and O–H groups in total. The predicted molar refractivity (Wildman–Crippen MR) is 88.3 cm³/mol. The fourth-order valence-electron chi connectivity index (χ4n) is 2.74. The van der Waals surface area contributed by atoms with Crippen LogP contribution in [0, 0.1) is 0 Å². The Balaban J connectivity index is 1.85. The summed E-state index contributed by atoms with van der Waals surface area (Å²) < 4.78 is 26.1. The molecule has 6 heteroatoms. The lowest BCUT2D eigenvalue weighted by Gasteiger charge is -2.19. The van der Waals surface area contributed by atoms with E-state index in [0.717, 1.165) is 36.4 Å². The maximum absolute atomic E-state index is 11.9. The first-order valence-electron chi connectivity index (χ1n) is 7.15. The lowest BCUT2D eigenvalue weighted by molar-refractivity contribution is 0.588. The Kier molecular flexibility index (Phi) is 3.80. The molecule has 0 aromatic heterocycles. The number of rotatable bonds is 4. The number of benzene rings is 2. The van der Waals surface area contributed by atoms with Gasteiger partial charge in [0.25, 0.3) is 0 Å². The molecule has 2 aromatic rings. The minimum atomic E-state index is -3.38. The van der Waals surface area contributed by atoms with E-state index in [4.69, 9.17) is 5.73 Å². The van der Waals surface area contributed by atoms with Crippen LogP contribution in [0.15, 0.2) is 47.4 Å². The van der Waals surface area contributed by atoms with Crippen LogP contribution in [0.1, 0.15) is 11.1 Å². The topological polar surface area (TPSA) is 75.4 Å². The van der Waals surface area contributed by atoms with Crippen LogP contribution in [-0.2, 0) is 23.0 Å². The molecule has 1 aliphatic rings. The zero-order valence-electron chi connectivity index (χ0n) is 12.4. The van der Waals surface area contributed by atoms with Crippen LogP contribution in [0.2, 0.25) is 0 Å². The minimum absolute atomic E-state index is 0.322. The Morgan fingerprint density at radius 1 is 1.18 bits per heavy atom. The fraction of sp³-hybridized carbons (Fsp3) is 0.250. The maximum atomic E-state index is 11.9. The van der Waals surface area contributed by atoms with E-state index in [-0.39, 0.29) is 0 Å². The van der Waals surface area contributed by atoms with Crippen molar-refractivity contribution in [3.8, 4) is 0 Å². The van der Waals surface area contributed by atoms with Gasteiger partial charge in [0, 0.05) is 24.5 Å². The highest BCUT2D eigenvalue weighted by Gasteiger charge is 2.22. The molecule has 0 bridgehead atoms. The number of nitrogens with zero attached hydrogens (tertiary/aromatic N) is 1. The number of nitrogens with two attached hydrogens (primary N) is 1. The fourth-order valence-corrected chi connectivity index (χ4v) is 3.52. The molecule has 0 spiro atoms. The summed E-state index contributed by atoms with van der Waals surface area (Å²) in [5.74, 6) is 0. The summed E-state index contributed by atoms with van der Waals surface area (Å²) in [4.78, 5) is 2.58. The smallest absolute Gasteiger partial charge is 0.240 e. The van der Waals surface area contributed by atoms with Gasteiger partial charge in [-0.05, 0) is 54.9 Å². The van der Waals surface area contributed by atoms with Gasteiger partial charge in [-0.25, -0.2) is 13.1 Å². The lowest BCUT2D eigenvalue weighted by atomic mass is 10.1. The first-order chi connectivity index (χ1) is 10.5. The van der Waals surface area contributed by atoms with E-state index in [2.05, 4.69) is 9.62 Å². The van der Waals surface area contributed by atoms with Crippen molar-refractivity contribution < 1.29 is 8.42 Å². The molecule has 1 heterocycles. The molecule has 0 radical (unpaired) electrons. The molecule has 1 aliphatic heterocycles. The molecule has 3 rings (SSSR count). The van der Waals surface area contributed by atoms with Crippen molar-refractivity contribution in [1.29, 1.82) is 0 Å². The van der Waals surface area contributed by atoms with Crippen molar-refractivity contribution in [2.24, 2.45) is 0 Å². The Morgan fingerprint density at radius 3 is 2.59 bits per heavy atom. The van der Waals surface area contributed by atoms with E-state index >= 15 is 0 Å². The summed E-state index contributed by atoms with van der Waals surface area (Å²) in [5, 5.41) is 0. The second-order valence-corrected chi connectivity index (χ2v) is 7.30. The highest BCUT2D eigenvalue weighted by atomic mass is 32.2. The highest BCUT2D eigenvalue weighted by Crippen LogP contribution is 2.31. The van der Waals surface area contributed by atoms with Crippen molar-refractivity contribution in [2.75, 3.05) is 24.2 Å². The molecule has 0 unspecified atom stereocenters. The van der Waals surface area contributed by atoms with Gasteiger partial charge in [0.15, 0.2) is 0 Å². The van der Waals surface area contributed by atoms with Crippen LogP contribution in [0.5, 0.6) is 0 Å². The van der Waals surface area contributed by atoms with Gasteiger partial charge in [-0.1, -0.05) is 12.1 Å². The summed E-state index contributed by atoms with van der Waals surface area (Å²) in [5.41, 5.74) is 9.83. The molecule has 116 valence electrons. The van der Waals surface area contributed by atoms with Gasteiger partial charge in [0.2, 0.25) is 10.0 Å². The number of nitrogens with one attached hydrogen (secondary N) is 1. The Hall–Kier alpha value is -2.05. The zero-order valence-corrected chi connectivity index (χ0v) is 13.2. The van der Waals surface area contributed by atoms with Gasteiger partial charge in [-0.3, -0.25) is 0 Å². The number of hydrogen-bond donors (Lipinski definition) is 2. The summed E-state index contributed by atoms with van der Waals surface area (Å²) in [6, 6.07) is 13.2. The lowest BCUT2D eigenvalue weighted by Crippen LogP contribution is -2.20. The molecule has 5 nitrogen and oxygen atoms in total. The Labute approximate surface area is 130 Å². The van der Waals surface area contributed by atoms with Gasteiger partial charge in [-0.15, -0.1) is 0 Å². The normalized spacial score (nSPS) is 14.1. The first kappa shape index (κ1) is 14.9. The minimum Gasteiger partial charge on any atom is -0.399 e. The zero-order chi connectivity index (χ0) is 15.7. The Morgan fingerprint density at radius 2 is 1.91 bits per heavy atom. The van der Waals surface area contributed by atoms with Gasteiger partial charge in [-0.2, -0.15) is 0 Å². The van der Waals surface area contributed by atoms with Gasteiger partial charge >= 0.3 is 0 Å². The van der Waals surface area contributed by atoms with Crippen LogP contribution in [0.4, 0.5) is 11.4 Å². The summed E-state index contributed by atoms with van der Waals surface area (Å²) in [6.45, 7) is 1.69. The van der Waals surface area contributed by atoms with Crippen molar-refractivity contribution in [3.63, 3.8) is 0 Å². The standard InChI is InChI=1S/C16H19N3O2S/c1-18-22(20,21)15-6-7-16-13(10-15)8-9-19(16)11-12-2-4-14(17)5-3-12/h2-7,10,18H,8-9,11,17H2,1H3. The highest BCUT2D eigenvalue weighted by molar-refractivity contribution is 7.89. The summed E-state index contributed by atoms with van der Waals surface area (Å²) >= 11 is 0. The molecule has 0 saturated heterocycles.